The summed E-state index contributed by atoms with van der Waals surface area (Å²) in [5.74, 6) is -0.517. The predicted molar refractivity (Wildman–Crippen MR) is 122 cm³/mol. The second-order valence-corrected chi connectivity index (χ2v) is 9.83. The molecular formula is C25H18F3NO4S. The molecule has 3 heterocycles. The van der Waals surface area contributed by atoms with Gasteiger partial charge in [0.1, 0.15) is 15.9 Å². The molecule has 0 bridgehead atoms. The number of halogens is 3. The first kappa shape index (κ1) is 22.3. The van der Waals surface area contributed by atoms with Crippen LogP contribution in [0.3, 0.4) is 0 Å². The maximum Gasteiger partial charge on any atom is 0.416 e. The summed E-state index contributed by atoms with van der Waals surface area (Å²) in [5, 5.41) is 10.8. The third kappa shape index (κ3) is 3.26. The average Bonchev–Trinajstić information content (AvgIpc) is 2.97. The molecule has 1 aliphatic heterocycles. The van der Waals surface area contributed by atoms with E-state index >= 15 is 0 Å². The Morgan fingerprint density at radius 3 is 2.47 bits per heavy atom. The van der Waals surface area contributed by atoms with Crippen LogP contribution in [0.5, 0.6) is 5.75 Å². The molecule has 174 valence electrons. The Morgan fingerprint density at radius 1 is 1.06 bits per heavy atom. The molecule has 2 aromatic heterocycles. The van der Waals surface area contributed by atoms with Gasteiger partial charge in [0.05, 0.1) is 11.3 Å². The fraction of sp³-hybridized carbons (Fsp3) is 0.200. The summed E-state index contributed by atoms with van der Waals surface area (Å²) in [6.45, 7) is 5.26. The zero-order chi connectivity index (χ0) is 24.6. The van der Waals surface area contributed by atoms with Crippen molar-refractivity contribution in [2.24, 2.45) is 0 Å². The summed E-state index contributed by atoms with van der Waals surface area (Å²) < 4.78 is 46.7. The van der Waals surface area contributed by atoms with Crippen LogP contribution in [0.4, 0.5) is 13.2 Å². The minimum absolute atomic E-state index is 0.121. The van der Waals surface area contributed by atoms with Crippen molar-refractivity contribution in [1.82, 2.24) is 4.57 Å². The zero-order valence-electron chi connectivity index (χ0n) is 18.3. The molecule has 5 nitrogen and oxygen atoms in total. The number of fused-ring (bicyclic) bond motifs is 4. The van der Waals surface area contributed by atoms with E-state index in [1.165, 1.54) is 16.7 Å². The molecule has 0 fully saturated rings. The van der Waals surface area contributed by atoms with Crippen LogP contribution in [-0.4, -0.2) is 9.67 Å². The zero-order valence-corrected chi connectivity index (χ0v) is 19.1. The van der Waals surface area contributed by atoms with Crippen LogP contribution in [0.1, 0.15) is 36.2 Å². The monoisotopic (exact) mass is 485 g/mol. The average molecular weight is 485 g/mol. The lowest BCUT2D eigenvalue weighted by Crippen LogP contribution is -2.24. The van der Waals surface area contributed by atoms with Crippen LogP contribution in [0.2, 0.25) is 0 Å². The molecule has 0 unspecified atom stereocenters. The normalized spacial score (nSPS) is 14.3. The van der Waals surface area contributed by atoms with E-state index < -0.39 is 34.1 Å². The van der Waals surface area contributed by atoms with Gasteiger partial charge in [-0.1, -0.05) is 43.3 Å². The van der Waals surface area contributed by atoms with E-state index in [1.807, 2.05) is 19.1 Å². The number of aromatic hydroxyl groups is 1. The van der Waals surface area contributed by atoms with E-state index in [0.717, 1.165) is 29.5 Å². The Bertz CT molecular complexity index is 1620. The molecule has 0 radical (unpaired) electrons. The molecule has 5 rings (SSSR count). The standard InChI is InChI=1S/C25H18F3NO4S/c1-12-5-4-6-14(9-12)34-21-20(30)19-17(33-23(21)32)11-18-24(2,3)15-10-13(25(26,27)28)7-8-16(15)29(18)22(19)31/h4-11,30H,1-3H3. The predicted octanol–water partition coefficient (Wildman–Crippen LogP) is 5.77. The van der Waals surface area contributed by atoms with E-state index in [9.17, 15) is 27.9 Å². The quantitative estimate of drug-likeness (QED) is 0.391. The Balaban J connectivity index is 1.77. The fourth-order valence-corrected chi connectivity index (χ4v) is 5.32. The lowest BCUT2D eigenvalue weighted by molar-refractivity contribution is -0.137. The molecule has 0 amide bonds. The van der Waals surface area contributed by atoms with Gasteiger partial charge in [-0.15, -0.1) is 0 Å². The largest absolute Gasteiger partial charge is 0.505 e. The highest BCUT2D eigenvalue weighted by Gasteiger charge is 2.41. The summed E-state index contributed by atoms with van der Waals surface area (Å²) in [6.07, 6.45) is -4.54. The third-order valence-electron chi connectivity index (χ3n) is 6.10. The second-order valence-electron chi connectivity index (χ2n) is 8.75. The summed E-state index contributed by atoms with van der Waals surface area (Å²) in [5.41, 5.74) is -1.50. The Morgan fingerprint density at radius 2 is 1.79 bits per heavy atom. The number of hydrogen-bond acceptors (Lipinski definition) is 5. The van der Waals surface area contributed by atoms with Gasteiger partial charge in [0.2, 0.25) is 0 Å². The van der Waals surface area contributed by atoms with Gasteiger partial charge in [0, 0.05) is 22.1 Å². The molecule has 0 spiro atoms. The van der Waals surface area contributed by atoms with Crippen LogP contribution in [-0.2, 0) is 11.6 Å². The first-order valence-corrected chi connectivity index (χ1v) is 11.1. The van der Waals surface area contributed by atoms with Gasteiger partial charge in [-0.3, -0.25) is 9.36 Å². The number of alkyl halides is 3. The van der Waals surface area contributed by atoms with Gasteiger partial charge in [0.25, 0.3) is 5.56 Å². The molecule has 0 saturated heterocycles. The van der Waals surface area contributed by atoms with Gasteiger partial charge in [0.15, 0.2) is 5.75 Å². The maximum absolute atomic E-state index is 13.6. The number of nitrogens with zero attached hydrogens (tertiary/aromatic N) is 1. The van der Waals surface area contributed by atoms with Crippen molar-refractivity contribution < 1.29 is 22.7 Å². The van der Waals surface area contributed by atoms with Crippen LogP contribution >= 0.6 is 11.8 Å². The van der Waals surface area contributed by atoms with E-state index in [4.69, 9.17) is 4.42 Å². The molecule has 1 N–H and O–H groups in total. The second kappa shape index (κ2) is 7.27. The minimum Gasteiger partial charge on any atom is -0.505 e. The SMILES string of the molecule is Cc1cccc(Sc2c(O)c3c(=O)n4c(cc3oc2=O)C(C)(C)c2cc(C(F)(F)F)ccc2-4)c1. The summed E-state index contributed by atoms with van der Waals surface area (Å²) in [4.78, 5) is 26.8. The highest BCUT2D eigenvalue weighted by molar-refractivity contribution is 7.99. The number of rotatable bonds is 2. The van der Waals surface area contributed by atoms with Gasteiger partial charge in [-0.05, 0) is 42.8 Å². The van der Waals surface area contributed by atoms with Crippen molar-refractivity contribution in [2.75, 3.05) is 0 Å². The molecule has 0 saturated carbocycles. The van der Waals surface area contributed by atoms with E-state index in [0.29, 0.717) is 21.8 Å². The van der Waals surface area contributed by atoms with Crippen molar-refractivity contribution in [3.05, 3.63) is 91.7 Å². The first-order valence-electron chi connectivity index (χ1n) is 10.3. The third-order valence-corrected chi connectivity index (χ3v) is 7.15. The molecule has 0 atom stereocenters. The van der Waals surface area contributed by atoms with Crippen molar-refractivity contribution in [2.45, 2.75) is 42.2 Å². The number of pyridine rings is 1. The van der Waals surface area contributed by atoms with Crippen LogP contribution in [0.25, 0.3) is 16.7 Å². The number of benzene rings is 2. The number of aryl methyl sites for hydroxylation is 1. The van der Waals surface area contributed by atoms with Crippen molar-refractivity contribution in [3.63, 3.8) is 0 Å². The topological polar surface area (TPSA) is 72.4 Å². The van der Waals surface area contributed by atoms with Crippen molar-refractivity contribution >= 4 is 22.7 Å². The van der Waals surface area contributed by atoms with Crippen molar-refractivity contribution in [1.29, 1.82) is 0 Å². The molecular weight excluding hydrogens is 467 g/mol. The molecule has 34 heavy (non-hydrogen) atoms. The van der Waals surface area contributed by atoms with Gasteiger partial charge in [-0.25, -0.2) is 4.79 Å². The Labute approximate surface area is 195 Å². The van der Waals surface area contributed by atoms with Crippen molar-refractivity contribution in [3.8, 4) is 11.4 Å². The summed E-state index contributed by atoms with van der Waals surface area (Å²) >= 11 is 0.973. The van der Waals surface area contributed by atoms with Gasteiger partial charge >= 0.3 is 11.8 Å². The van der Waals surface area contributed by atoms with E-state index in [1.54, 1.807) is 26.0 Å². The lowest BCUT2D eigenvalue weighted by atomic mass is 9.82. The smallest absolute Gasteiger partial charge is 0.416 e. The van der Waals surface area contributed by atoms with Crippen LogP contribution in [0, 0.1) is 6.92 Å². The van der Waals surface area contributed by atoms with Crippen LogP contribution in [0.15, 0.2) is 72.3 Å². The summed E-state index contributed by atoms with van der Waals surface area (Å²) in [7, 11) is 0. The molecule has 1 aliphatic rings. The van der Waals surface area contributed by atoms with E-state index in [2.05, 4.69) is 0 Å². The highest BCUT2D eigenvalue weighted by Crippen LogP contribution is 2.45. The molecule has 9 heteroatoms. The highest BCUT2D eigenvalue weighted by atomic mass is 32.2. The van der Waals surface area contributed by atoms with E-state index in [-0.39, 0.29) is 15.9 Å². The fourth-order valence-electron chi connectivity index (χ4n) is 4.37. The first-order chi connectivity index (χ1) is 15.9. The minimum atomic E-state index is -4.54. The molecule has 4 aromatic rings. The van der Waals surface area contributed by atoms with Crippen LogP contribution < -0.4 is 11.2 Å². The number of hydrogen-bond donors (Lipinski definition) is 1. The molecule has 0 aliphatic carbocycles. The number of aromatic nitrogens is 1. The Kier molecular flexibility index (Phi) is 4.77. The van der Waals surface area contributed by atoms with Gasteiger partial charge in [-0.2, -0.15) is 13.2 Å². The Hall–Kier alpha value is -3.46. The molecule has 2 aromatic carbocycles. The lowest BCUT2D eigenvalue weighted by Gasteiger charge is -2.21. The maximum atomic E-state index is 13.6. The summed E-state index contributed by atoms with van der Waals surface area (Å²) in [6, 6.07) is 11.9. The van der Waals surface area contributed by atoms with Gasteiger partial charge < -0.3 is 9.52 Å².